The molecule has 4 heteroatoms. The third-order valence-corrected chi connectivity index (χ3v) is 3.42. The second-order valence-electron chi connectivity index (χ2n) is 4.69. The first kappa shape index (κ1) is 12.1. The molecule has 1 fully saturated rings. The first-order valence-electron chi connectivity index (χ1n) is 6.53. The highest BCUT2D eigenvalue weighted by molar-refractivity contribution is 5.74. The number of rotatable bonds is 3. The molecule has 1 aromatic heterocycles. The van der Waals surface area contributed by atoms with E-state index in [1.807, 2.05) is 24.3 Å². The standard InChI is InChI=1S/C15H16N2O2/c1-2-9-17-12-7-4-3-6-11(12)16-14(15(17)18)13-8-5-10-19-13/h2-4,6-7,13H,1,5,8-10H2. The molecule has 19 heavy (non-hydrogen) atoms. The summed E-state index contributed by atoms with van der Waals surface area (Å²) < 4.78 is 7.31. The number of para-hydroxylation sites is 2. The molecule has 0 spiro atoms. The van der Waals surface area contributed by atoms with Crippen LogP contribution in [-0.2, 0) is 11.3 Å². The summed E-state index contributed by atoms with van der Waals surface area (Å²) in [4.78, 5) is 17.0. The van der Waals surface area contributed by atoms with E-state index in [-0.39, 0.29) is 11.7 Å². The Morgan fingerprint density at radius 1 is 1.47 bits per heavy atom. The van der Waals surface area contributed by atoms with Crippen molar-refractivity contribution >= 4 is 11.0 Å². The quantitative estimate of drug-likeness (QED) is 0.792. The van der Waals surface area contributed by atoms with Crippen LogP contribution in [0.15, 0.2) is 41.7 Å². The number of benzene rings is 1. The Hall–Kier alpha value is -1.94. The van der Waals surface area contributed by atoms with Gasteiger partial charge in [-0.25, -0.2) is 4.98 Å². The van der Waals surface area contributed by atoms with Gasteiger partial charge >= 0.3 is 0 Å². The van der Waals surface area contributed by atoms with Gasteiger partial charge in [0, 0.05) is 13.2 Å². The van der Waals surface area contributed by atoms with Gasteiger partial charge in [0.05, 0.1) is 11.0 Å². The molecular formula is C15H16N2O2. The second kappa shape index (κ2) is 4.97. The summed E-state index contributed by atoms with van der Waals surface area (Å²) in [5, 5.41) is 0. The molecule has 4 nitrogen and oxygen atoms in total. The zero-order chi connectivity index (χ0) is 13.2. The summed E-state index contributed by atoms with van der Waals surface area (Å²) >= 11 is 0. The first-order valence-corrected chi connectivity index (χ1v) is 6.53. The highest BCUT2D eigenvalue weighted by atomic mass is 16.5. The van der Waals surface area contributed by atoms with Gasteiger partial charge in [-0.1, -0.05) is 18.2 Å². The highest BCUT2D eigenvalue weighted by Gasteiger charge is 2.23. The fraction of sp³-hybridized carbons (Fsp3) is 0.333. The minimum atomic E-state index is -0.159. The molecule has 1 atom stereocenters. The van der Waals surface area contributed by atoms with Gasteiger partial charge in [0.15, 0.2) is 0 Å². The van der Waals surface area contributed by atoms with Crippen LogP contribution in [0.5, 0.6) is 0 Å². The fourth-order valence-electron chi connectivity index (χ4n) is 2.53. The van der Waals surface area contributed by atoms with Gasteiger partial charge in [0.1, 0.15) is 11.8 Å². The van der Waals surface area contributed by atoms with Crippen LogP contribution >= 0.6 is 0 Å². The van der Waals surface area contributed by atoms with Gasteiger partial charge in [-0.15, -0.1) is 6.58 Å². The average molecular weight is 256 g/mol. The Kier molecular flexibility index (Phi) is 3.17. The van der Waals surface area contributed by atoms with E-state index in [1.165, 1.54) is 0 Å². The van der Waals surface area contributed by atoms with Crippen molar-refractivity contribution in [2.45, 2.75) is 25.5 Å². The van der Waals surface area contributed by atoms with Crippen molar-refractivity contribution in [3.63, 3.8) is 0 Å². The molecular weight excluding hydrogens is 240 g/mol. The van der Waals surface area contributed by atoms with Crippen LogP contribution in [0.2, 0.25) is 0 Å². The topological polar surface area (TPSA) is 44.1 Å². The van der Waals surface area contributed by atoms with Crippen LogP contribution in [-0.4, -0.2) is 16.2 Å². The van der Waals surface area contributed by atoms with Crippen molar-refractivity contribution in [1.29, 1.82) is 0 Å². The van der Waals surface area contributed by atoms with Crippen LogP contribution in [0.1, 0.15) is 24.6 Å². The molecule has 98 valence electrons. The molecule has 1 aromatic carbocycles. The van der Waals surface area contributed by atoms with Crippen molar-refractivity contribution in [3.05, 3.63) is 53.0 Å². The molecule has 1 saturated heterocycles. The number of fused-ring (bicyclic) bond motifs is 1. The maximum Gasteiger partial charge on any atom is 0.275 e. The van der Waals surface area contributed by atoms with Gasteiger partial charge in [0.2, 0.25) is 0 Å². The summed E-state index contributed by atoms with van der Waals surface area (Å²) in [5.41, 5.74) is 2.13. The third kappa shape index (κ3) is 2.08. The smallest absolute Gasteiger partial charge is 0.275 e. The van der Waals surface area contributed by atoms with Gasteiger partial charge < -0.3 is 9.30 Å². The van der Waals surface area contributed by atoms with E-state index in [2.05, 4.69) is 11.6 Å². The van der Waals surface area contributed by atoms with Gasteiger partial charge in [0.25, 0.3) is 5.56 Å². The van der Waals surface area contributed by atoms with Crippen molar-refractivity contribution in [3.8, 4) is 0 Å². The second-order valence-corrected chi connectivity index (χ2v) is 4.69. The van der Waals surface area contributed by atoms with Crippen LogP contribution in [0, 0.1) is 0 Å². The number of allylic oxidation sites excluding steroid dienone is 1. The maximum absolute atomic E-state index is 12.5. The van der Waals surface area contributed by atoms with Crippen LogP contribution in [0.3, 0.4) is 0 Å². The minimum Gasteiger partial charge on any atom is -0.372 e. The monoisotopic (exact) mass is 256 g/mol. The summed E-state index contributed by atoms with van der Waals surface area (Å²) in [7, 11) is 0. The van der Waals surface area contributed by atoms with Crippen molar-refractivity contribution in [2.75, 3.05) is 6.61 Å². The number of hydrogen-bond acceptors (Lipinski definition) is 3. The molecule has 0 N–H and O–H groups in total. The predicted octanol–water partition coefficient (Wildman–Crippen LogP) is 2.43. The molecule has 1 unspecified atom stereocenters. The Balaban J connectivity index is 2.25. The minimum absolute atomic E-state index is 0.0644. The molecule has 3 rings (SSSR count). The Bertz CT molecular complexity index is 669. The van der Waals surface area contributed by atoms with Crippen LogP contribution < -0.4 is 5.56 Å². The van der Waals surface area contributed by atoms with Gasteiger partial charge in [-0.05, 0) is 25.0 Å². The predicted molar refractivity (Wildman–Crippen MR) is 74.1 cm³/mol. The zero-order valence-electron chi connectivity index (χ0n) is 10.7. The van der Waals surface area contributed by atoms with E-state index in [4.69, 9.17) is 4.74 Å². The SMILES string of the molecule is C=CCn1c(=O)c(C2CCCO2)nc2ccccc21. The third-order valence-electron chi connectivity index (χ3n) is 3.42. The normalized spacial score (nSPS) is 18.8. The average Bonchev–Trinajstić information content (AvgIpc) is 2.95. The molecule has 0 amide bonds. The van der Waals surface area contributed by atoms with Crippen LogP contribution in [0.25, 0.3) is 11.0 Å². The summed E-state index contributed by atoms with van der Waals surface area (Å²) in [6.07, 6.45) is 3.43. The van der Waals surface area contributed by atoms with Crippen molar-refractivity contribution in [1.82, 2.24) is 9.55 Å². The molecule has 1 aliphatic rings. The fourth-order valence-corrected chi connectivity index (χ4v) is 2.53. The Morgan fingerprint density at radius 3 is 3.05 bits per heavy atom. The summed E-state index contributed by atoms with van der Waals surface area (Å²) in [6, 6.07) is 7.67. The maximum atomic E-state index is 12.5. The van der Waals surface area contributed by atoms with E-state index in [9.17, 15) is 4.79 Å². The van der Waals surface area contributed by atoms with Crippen LogP contribution in [0.4, 0.5) is 0 Å². The van der Waals surface area contributed by atoms with Gasteiger partial charge in [-0.3, -0.25) is 4.79 Å². The summed E-state index contributed by atoms with van der Waals surface area (Å²) in [5.74, 6) is 0. The zero-order valence-corrected chi connectivity index (χ0v) is 10.7. The Labute approximate surface area is 111 Å². The molecule has 1 aliphatic heterocycles. The molecule has 0 radical (unpaired) electrons. The molecule has 2 heterocycles. The van der Waals surface area contributed by atoms with Gasteiger partial charge in [-0.2, -0.15) is 0 Å². The lowest BCUT2D eigenvalue weighted by Crippen LogP contribution is -2.27. The van der Waals surface area contributed by atoms with E-state index in [0.717, 1.165) is 23.9 Å². The van der Waals surface area contributed by atoms with E-state index in [1.54, 1.807) is 10.6 Å². The molecule has 2 aromatic rings. The van der Waals surface area contributed by atoms with E-state index < -0.39 is 0 Å². The molecule has 0 bridgehead atoms. The first-order chi connectivity index (χ1) is 9.31. The summed E-state index contributed by atoms with van der Waals surface area (Å²) in [6.45, 7) is 4.92. The van der Waals surface area contributed by atoms with E-state index in [0.29, 0.717) is 18.8 Å². The number of aromatic nitrogens is 2. The molecule has 0 saturated carbocycles. The van der Waals surface area contributed by atoms with Crippen molar-refractivity contribution < 1.29 is 4.74 Å². The largest absolute Gasteiger partial charge is 0.372 e. The lowest BCUT2D eigenvalue weighted by atomic mass is 10.1. The lowest BCUT2D eigenvalue weighted by Gasteiger charge is -2.13. The number of hydrogen-bond donors (Lipinski definition) is 0. The highest BCUT2D eigenvalue weighted by Crippen LogP contribution is 2.26. The Morgan fingerprint density at radius 2 is 2.32 bits per heavy atom. The lowest BCUT2D eigenvalue weighted by molar-refractivity contribution is 0.107. The number of nitrogens with zero attached hydrogens (tertiary/aromatic N) is 2. The number of ether oxygens (including phenoxy) is 1. The van der Waals surface area contributed by atoms with E-state index >= 15 is 0 Å². The molecule has 0 aliphatic carbocycles. The van der Waals surface area contributed by atoms with Crippen molar-refractivity contribution in [2.24, 2.45) is 0 Å².